The number of H-pyrrole nitrogens is 1. The summed E-state index contributed by atoms with van der Waals surface area (Å²) in [5, 5.41) is 2.83. The van der Waals surface area contributed by atoms with E-state index < -0.39 is 0 Å². The van der Waals surface area contributed by atoms with E-state index in [0.29, 0.717) is 17.1 Å². The zero-order valence-corrected chi connectivity index (χ0v) is 12.6. The van der Waals surface area contributed by atoms with Crippen molar-refractivity contribution in [3.05, 3.63) is 72.8 Å². The number of aromatic amines is 1. The molecule has 4 aromatic rings. The molecule has 0 aliphatic carbocycles. The second-order valence-corrected chi connectivity index (χ2v) is 5.25. The molecule has 116 valence electrons. The monoisotopic (exact) mass is 315 g/mol. The summed E-state index contributed by atoms with van der Waals surface area (Å²) < 4.78 is 0. The van der Waals surface area contributed by atoms with Crippen molar-refractivity contribution in [2.75, 3.05) is 5.32 Å². The summed E-state index contributed by atoms with van der Waals surface area (Å²) in [7, 11) is 0. The number of amides is 1. The fourth-order valence-electron chi connectivity index (χ4n) is 2.40. The van der Waals surface area contributed by atoms with E-state index >= 15 is 0 Å². The first kappa shape index (κ1) is 14.1. The maximum atomic E-state index is 12.3. The van der Waals surface area contributed by atoms with Crippen LogP contribution in [0.5, 0.6) is 0 Å². The minimum absolute atomic E-state index is 0.256. The summed E-state index contributed by atoms with van der Waals surface area (Å²) in [6, 6.07) is 15.1. The first-order chi connectivity index (χ1) is 11.8. The van der Waals surface area contributed by atoms with Crippen LogP contribution in [0.15, 0.2) is 67.3 Å². The van der Waals surface area contributed by atoms with Gasteiger partial charge in [-0.2, -0.15) is 0 Å². The number of fused-ring (bicyclic) bond motifs is 1. The molecule has 0 saturated heterocycles. The zero-order chi connectivity index (χ0) is 16.4. The molecule has 0 unspecified atom stereocenters. The van der Waals surface area contributed by atoms with Crippen LogP contribution in [0, 0.1) is 0 Å². The standard InChI is InChI=1S/C18H13N5O/c24-18(23-14-6-7-15-16(8-14)22-11-21-15)13-9-19-17(20-10-13)12-4-2-1-3-5-12/h1-11H,(H,21,22)(H,23,24). The SMILES string of the molecule is O=C(Nc1ccc2nc[nH]c2c1)c1cnc(-c2ccccc2)nc1. The molecule has 1 amide bonds. The van der Waals surface area contributed by atoms with Crippen molar-refractivity contribution in [3.8, 4) is 11.4 Å². The van der Waals surface area contributed by atoms with Gasteiger partial charge >= 0.3 is 0 Å². The molecule has 6 heteroatoms. The molecule has 2 N–H and O–H groups in total. The lowest BCUT2D eigenvalue weighted by atomic mass is 10.2. The number of nitrogens with zero attached hydrogens (tertiary/aromatic N) is 3. The average molecular weight is 315 g/mol. The molecule has 2 aromatic heterocycles. The molecule has 0 atom stereocenters. The number of carbonyl (C=O) groups excluding carboxylic acids is 1. The second kappa shape index (κ2) is 5.92. The Morgan fingerprint density at radius 2 is 1.75 bits per heavy atom. The fourth-order valence-corrected chi connectivity index (χ4v) is 2.40. The fraction of sp³-hybridized carbons (Fsp3) is 0. The highest BCUT2D eigenvalue weighted by Gasteiger charge is 2.09. The van der Waals surface area contributed by atoms with Crippen molar-refractivity contribution in [3.63, 3.8) is 0 Å². The number of hydrogen-bond acceptors (Lipinski definition) is 4. The van der Waals surface area contributed by atoms with Gasteiger partial charge in [0.25, 0.3) is 5.91 Å². The number of carbonyl (C=O) groups is 1. The van der Waals surface area contributed by atoms with Crippen molar-refractivity contribution >= 4 is 22.6 Å². The summed E-state index contributed by atoms with van der Waals surface area (Å²) in [4.78, 5) is 28.0. The third-order valence-corrected chi connectivity index (χ3v) is 3.62. The molecule has 6 nitrogen and oxygen atoms in total. The van der Waals surface area contributed by atoms with Gasteiger partial charge < -0.3 is 10.3 Å². The lowest BCUT2D eigenvalue weighted by Crippen LogP contribution is -2.12. The molecule has 2 aromatic carbocycles. The first-order valence-electron chi connectivity index (χ1n) is 7.41. The van der Waals surface area contributed by atoms with Crippen LogP contribution in [0.25, 0.3) is 22.4 Å². The summed E-state index contributed by atoms with van der Waals surface area (Å²) in [6.07, 6.45) is 4.67. The van der Waals surface area contributed by atoms with Crippen LogP contribution in [0.3, 0.4) is 0 Å². The van der Waals surface area contributed by atoms with E-state index in [9.17, 15) is 4.79 Å². The summed E-state index contributed by atoms with van der Waals surface area (Å²) in [5.41, 5.74) is 3.71. The maximum Gasteiger partial charge on any atom is 0.258 e. The molecule has 4 rings (SSSR count). The first-order valence-corrected chi connectivity index (χ1v) is 7.41. The molecule has 0 saturated carbocycles. The van der Waals surface area contributed by atoms with Crippen LogP contribution < -0.4 is 5.32 Å². The van der Waals surface area contributed by atoms with Crippen molar-refractivity contribution < 1.29 is 4.79 Å². The summed E-state index contributed by atoms with van der Waals surface area (Å²) in [6.45, 7) is 0. The van der Waals surface area contributed by atoms with Gasteiger partial charge in [-0.3, -0.25) is 4.79 Å². The van der Waals surface area contributed by atoms with E-state index in [2.05, 4.69) is 25.3 Å². The highest BCUT2D eigenvalue weighted by Crippen LogP contribution is 2.17. The Balaban J connectivity index is 1.53. The Morgan fingerprint density at radius 3 is 2.54 bits per heavy atom. The van der Waals surface area contributed by atoms with Gasteiger partial charge in [-0.25, -0.2) is 15.0 Å². The van der Waals surface area contributed by atoms with Crippen molar-refractivity contribution in [1.82, 2.24) is 19.9 Å². The van der Waals surface area contributed by atoms with Gasteiger partial charge in [0.2, 0.25) is 0 Å². The van der Waals surface area contributed by atoms with Crippen LogP contribution in [-0.4, -0.2) is 25.8 Å². The van der Waals surface area contributed by atoms with Gasteiger partial charge in [0.1, 0.15) is 0 Å². The van der Waals surface area contributed by atoms with E-state index in [1.165, 1.54) is 12.4 Å². The number of rotatable bonds is 3. The van der Waals surface area contributed by atoms with Crippen LogP contribution >= 0.6 is 0 Å². The average Bonchev–Trinajstić information content (AvgIpc) is 3.10. The predicted octanol–water partition coefficient (Wildman–Crippen LogP) is 3.27. The smallest absolute Gasteiger partial charge is 0.258 e. The lowest BCUT2D eigenvalue weighted by Gasteiger charge is -2.05. The second-order valence-electron chi connectivity index (χ2n) is 5.25. The Bertz CT molecular complexity index is 993. The van der Waals surface area contributed by atoms with Gasteiger partial charge in [-0.05, 0) is 18.2 Å². The summed E-state index contributed by atoms with van der Waals surface area (Å²) >= 11 is 0. The molecule has 24 heavy (non-hydrogen) atoms. The van der Waals surface area contributed by atoms with E-state index in [4.69, 9.17) is 0 Å². The molecule has 0 aliphatic rings. The zero-order valence-electron chi connectivity index (χ0n) is 12.6. The van der Waals surface area contributed by atoms with Crippen LogP contribution in [0.4, 0.5) is 5.69 Å². The van der Waals surface area contributed by atoms with Crippen molar-refractivity contribution in [2.45, 2.75) is 0 Å². The van der Waals surface area contributed by atoms with Crippen LogP contribution in [-0.2, 0) is 0 Å². The topological polar surface area (TPSA) is 83.6 Å². The molecular formula is C18H13N5O. The molecule has 0 aliphatic heterocycles. The Hall–Kier alpha value is -3.54. The van der Waals surface area contributed by atoms with Gasteiger partial charge in [0.15, 0.2) is 5.82 Å². The number of benzene rings is 2. The van der Waals surface area contributed by atoms with E-state index in [-0.39, 0.29) is 5.91 Å². The van der Waals surface area contributed by atoms with Crippen molar-refractivity contribution in [2.24, 2.45) is 0 Å². The third-order valence-electron chi connectivity index (χ3n) is 3.62. The van der Waals surface area contributed by atoms with E-state index in [0.717, 1.165) is 16.6 Å². The Kier molecular flexibility index (Phi) is 3.47. The number of nitrogens with one attached hydrogen (secondary N) is 2. The number of aromatic nitrogens is 4. The van der Waals surface area contributed by atoms with Gasteiger partial charge in [-0.1, -0.05) is 30.3 Å². The minimum atomic E-state index is -0.256. The molecule has 0 fully saturated rings. The van der Waals surface area contributed by atoms with Gasteiger partial charge in [-0.15, -0.1) is 0 Å². The molecule has 0 radical (unpaired) electrons. The maximum absolute atomic E-state index is 12.3. The Morgan fingerprint density at radius 1 is 0.958 bits per heavy atom. The molecule has 0 spiro atoms. The van der Waals surface area contributed by atoms with Crippen LogP contribution in [0.2, 0.25) is 0 Å². The summed E-state index contributed by atoms with van der Waals surface area (Å²) in [5.74, 6) is 0.333. The normalized spacial score (nSPS) is 10.7. The number of hydrogen-bond donors (Lipinski definition) is 2. The third kappa shape index (κ3) is 2.72. The largest absolute Gasteiger partial charge is 0.345 e. The predicted molar refractivity (Wildman–Crippen MR) is 91.5 cm³/mol. The molecule has 2 heterocycles. The van der Waals surface area contributed by atoms with Gasteiger partial charge in [0, 0.05) is 23.6 Å². The van der Waals surface area contributed by atoms with Gasteiger partial charge in [0.05, 0.1) is 22.9 Å². The van der Waals surface area contributed by atoms with Crippen molar-refractivity contribution in [1.29, 1.82) is 0 Å². The number of imidazole rings is 1. The highest BCUT2D eigenvalue weighted by atomic mass is 16.1. The quantitative estimate of drug-likeness (QED) is 0.608. The lowest BCUT2D eigenvalue weighted by molar-refractivity contribution is 0.102. The van der Waals surface area contributed by atoms with E-state index in [1.807, 2.05) is 42.5 Å². The Labute approximate surface area is 137 Å². The highest BCUT2D eigenvalue weighted by molar-refractivity contribution is 6.04. The molecule has 0 bridgehead atoms. The minimum Gasteiger partial charge on any atom is -0.345 e. The van der Waals surface area contributed by atoms with Crippen LogP contribution in [0.1, 0.15) is 10.4 Å². The molecular weight excluding hydrogens is 302 g/mol. The van der Waals surface area contributed by atoms with E-state index in [1.54, 1.807) is 12.4 Å². The number of anilines is 1.